The molecule has 0 aliphatic carbocycles. The van der Waals surface area contributed by atoms with E-state index >= 15 is 0 Å². The molecule has 2 aromatic heterocycles. The second-order valence-corrected chi connectivity index (χ2v) is 3.68. The van der Waals surface area contributed by atoms with Crippen molar-refractivity contribution in [1.29, 1.82) is 0 Å². The molecular weight excluding hydrogens is 310 g/mol. The zero-order valence-electron chi connectivity index (χ0n) is 6.56. The van der Waals surface area contributed by atoms with Crippen molar-refractivity contribution in [2.45, 2.75) is 6.18 Å². The van der Waals surface area contributed by atoms with Gasteiger partial charge in [0.05, 0.1) is 0 Å². The molecule has 2 heterocycles. The number of pyridine rings is 1. The van der Waals surface area contributed by atoms with Gasteiger partial charge in [-0.1, -0.05) is 0 Å². The molecule has 0 aliphatic rings. The Labute approximate surface area is 89.9 Å². The first kappa shape index (κ1) is 9.69. The lowest BCUT2D eigenvalue weighted by Crippen LogP contribution is -2.07. The molecule has 2 rings (SSSR count). The summed E-state index contributed by atoms with van der Waals surface area (Å²) >= 11 is 1.85. The first-order chi connectivity index (χ1) is 6.48. The Hall–Kier alpha value is -0.860. The highest BCUT2D eigenvalue weighted by Crippen LogP contribution is 2.29. The van der Waals surface area contributed by atoms with Crippen LogP contribution in [0.3, 0.4) is 0 Å². The van der Waals surface area contributed by atoms with Gasteiger partial charge in [-0.2, -0.15) is 18.3 Å². The summed E-state index contributed by atoms with van der Waals surface area (Å²) in [5, 5.41) is 6.34. The molecule has 0 radical (unpaired) electrons. The zero-order chi connectivity index (χ0) is 10.3. The van der Waals surface area contributed by atoms with Crippen molar-refractivity contribution < 1.29 is 13.2 Å². The van der Waals surface area contributed by atoms with Gasteiger partial charge in [-0.3, -0.25) is 5.10 Å². The Morgan fingerprint density at radius 2 is 2.00 bits per heavy atom. The van der Waals surface area contributed by atoms with E-state index in [1.165, 1.54) is 6.07 Å². The topological polar surface area (TPSA) is 41.6 Å². The molecule has 74 valence electrons. The lowest BCUT2D eigenvalue weighted by atomic mass is 10.3. The number of hydrogen-bond acceptors (Lipinski definition) is 2. The summed E-state index contributed by atoms with van der Waals surface area (Å²) in [5.74, 6) is 0. The Morgan fingerprint density at radius 1 is 1.29 bits per heavy atom. The summed E-state index contributed by atoms with van der Waals surface area (Å²) in [6.07, 6.45) is -4.41. The van der Waals surface area contributed by atoms with Crippen LogP contribution in [0.1, 0.15) is 5.69 Å². The molecular formula is C7H3F3IN3. The fourth-order valence-corrected chi connectivity index (χ4v) is 1.54. The SMILES string of the molecule is FC(F)(F)c1ccc2n[nH]c(I)c2n1. The van der Waals surface area contributed by atoms with Crippen LogP contribution in [-0.2, 0) is 6.18 Å². The van der Waals surface area contributed by atoms with Crippen molar-refractivity contribution in [3.63, 3.8) is 0 Å². The second kappa shape index (κ2) is 3.07. The van der Waals surface area contributed by atoms with E-state index in [4.69, 9.17) is 0 Å². The van der Waals surface area contributed by atoms with Crippen LogP contribution in [0.4, 0.5) is 13.2 Å². The van der Waals surface area contributed by atoms with Crippen LogP contribution in [-0.4, -0.2) is 15.2 Å². The minimum Gasteiger partial charge on any atom is -0.269 e. The first-order valence-electron chi connectivity index (χ1n) is 3.56. The molecule has 0 unspecified atom stereocenters. The molecule has 1 N–H and O–H groups in total. The van der Waals surface area contributed by atoms with Gasteiger partial charge in [0.1, 0.15) is 20.4 Å². The predicted molar refractivity (Wildman–Crippen MR) is 51.6 cm³/mol. The minimum absolute atomic E-state index is 0.250. The van der Waals surface area contributed by atoms with Gasteiger partial charge in [-0.05, 0) is 34.7 Å². The standard InChI is InChI=1S/C7H3F3IN3/c8-7(9,10)4-2-1-3-5(12-4)6(11)14-13-3/h1-2H,(H,13,14). The highest BCUT2D eigenvalue weighted by atomic mass is 127. The van der Waals surface area contributed by atoms with E-state index in [1.807, 2.05) is 22.6 Å². The lowest BCUT2D eigenvalue weighted by molar-refractivity contribution is -0.140. The lowest BCUT2D eigenvalue weighted by Gasteiger charge is -2.04. The summed E-state index contributed by atoms with van der Waals surface area (Å²) in [6, 6.07) is 2.21. The van der Waals surface area contributed by atoms with Gasteiger partial charge < -0.3 is 0 Å². The molecule has 0 aliphatic heterocycles. The Balaban J connectivity index is 2.66. The second-order valence-electron chi connectivity index (χ2n) is 2.60. The van der Waals surface area contributed by atoms with Gasteiger partial charge in [0.2, 0.25) is 0 Å². The van der Waals surface area contributed by atoms with Crippen molar-refractivity contribution in [2.24, 2.45) is 0 Å². The molecule has 3 nitrogen and oxygen atoms in total. The van der Waals surface area contributed by atoms with E-state index in [-0.39, 0.29) is 5.52 Å². The Morgan fingerprint density at radius 3 is 2.64 bits per heavy atom. The summed E-state index contributed by atoms with van der Waals surface area (Å²) in [5.41, 5.74) is -0.216. The summed E-state index contributed by atoms with van der Waals surface area (Å²) in [6.45, 7) is 0. The van der Waals surface area contributed by atoms with Crippen molar-refractivity contribution in [1.82, 2.24) is 15.2 Å². The molecule has 0 fully saturated rings. The number of aromatic amines is 1. The smallest absolute Gasteiger partial charge is 0.269 e. The molecule has 0 amide bonds. The maximum absolute atomic E-state index is 12.3. The van der Waals surface area contributed by atoms with Crippen molar-refractivity contribution in [2.75, 3.05) is 0 Å². The molecule has 14 heavy (non-hydrogen) atoms. The normalized spacial score (nSPS) is 12.3. The maximum Gasteiger partial charge on any atom is 0.433 e. The number of H-pyrrole nitrogens is 1. The average Bonchev–Trinajstić information content (AvgIpc) is 2.46. The van der Waals surface area contributed by atoms with E-state index in [9.17, 15) is 13.2 Å². The fraction of sp³-hybridized carbons (Fsp3) is 0.143. The van der Waals surface area contributed by atoms with Gasteiger partial charge in [0, 0.05) is 0 Å². The zero-order valence-corrected chi connectivity index (χ0v) is 8.72. The van der Waals surface area contributed by atoms with Crippen LogP contribution < -0.4 is 0 Å². The number of alkyl halides is 3. The van der Waals surface area contributed by atoms with Crippen molar-refractivity contribution in [3.05, 3.63) is 21.5 Å². The number of aromatic nitrogens is 3. The molecule has 7 heteroatoms. The molecule has 2 aromatic rings. The molecule has 0 spiro atoms. The number of rotatable bonds is 0. The number of hydrogen-bond donors (Lipinski definition) is 1. The monoisotopic (exact) mass is 313 g/mol. The summed E-state index contributed by atoms with van der Waals surface area (Å²) < 4.78 is 37.3. The molecule has 0 atom stereocenters. The van der Waals surface area contributed by atoms with Crippen LogP contribution in [0.5, 0.6) is 0 Å². The van der Waals surface area contributed by atoms with E-state index < -0.39 is 11.9 Å². The maximum atomic E-state index is 12.3. The van der Waals surface area contributed by atoms with E-state index in [0.717, 1.165) is 6.07 Å². The minimum atomic E-state index is -4.41. The predicted octanol–water partition coefficient (Wildman–Crippen LogP) is 2.58. The van der Waals surface area contributed by atoms with Crippen molar-refractivity contribution in [3.8, 4) is 0 Å². The number of fused-ring (bicyclic) bond motifs is 1. The van der Waals surface area contributed by atoms with Gasteiger partial charge in [-0.25, -0.2) is 4.98 Å². The van der Waals surface area contributed by atoms with Crippen LogP contribution in [0, 0.1) is 3.70 Å². The molecule has 0 bridgehead atoms. The van der Waals surface area contributed by atoms with Gasteiger partial charge >= 0.3 is 6.18 Å². The molecule has 0 saturated carbocycles. The fourth-order valence-electron chi connectivity index (χ4n) is 1.02. The van der Waals surface area contributed by atoms with Gasteiger partial charge in [0.15, 0.2) is 0 Å². The Bertz CT molecular complexity index is 476. The first-order valence-corrected chi connectivity index (χ1v) is 4.64. The van der Waals surface area contributed by atoms with Crippen molar-refractivity contribution >= 4 is 33.6 Å². The van der Waals surface area contributed by atoms with Crippen LogP contribution in [0.25, 0.3) is 11.0 Å². The third kappa shape index (κ3) is 1.56. The Kier molecular flexibility index (Phi) is 2.13. The largest absolute Gasteiger partial charge is 0.433 e. The average molecular weight is 313 g/mol. The van der Waals surface area contributed by atoms with Crippen LogP contribution >= 0.6 is 22.6 Å². The van der Waals surface area contributed by atoms with E-state index in [2.05, 4.69) is 15.2 Å². The summed E-state index contributed by atoms with van der Waals surface area (Å²) in [4.78, 5) is 3.48. The third-order valence-corrected chi connectivity index (χ3v) is 2.40. The van der Waals surface area contributed by atoms with E-state index in [1.54, 1.807) is 0 Å². The summed E-state index contributed by atoms with van der Waals surface area (Å²) in [7, 11) is 0. The number of nitrogens with one attached hydrogen (secondary N) is 1. The van der Waals surface area contributed by atoms with Gasteiger partial charge in [-0.15, -0.1) is 0 Å². The quantitative estimate of drug-likeness (QED) is 0.760. The highest BCUT2D eigenvalue weighted by Gasteiger charge is 2.32. The van der Waals surface area contributed by atoms with Gasteiger partial charge in [0.25, 0.3) is 0 Å². The third-order valence-electron chi connectivity index (χ3n) is 1.65. The number of nitrogens with zero attached hydrogens (tertiary/aromatic N) is 2. The number of halogens is 4. The highest BCUT2D eigenvalue weighted by molar-refractivity contribution is 14.1. The van der Waals surface area contributed by atoms with Crippen LogP contribution in [0.15, 0.2) is 12.1 Å². The van der Waals surface area contributed by atoms with Crippen LogP contribution in [0.2, 0.25) is 0 Å². The molecule has 0 aromatic carbocycles. The van der Waals surface area contributed by atoms with E-state index in [0.29, 0.717) is 9.22 Å². The molecule has 0 saturated heterocycles.